The maximum absolute atomic E-state index is 12.5. The molecule has 1 aromatic carbocycles. The molecule has 1 fully saturated rings. The number of piperidine rings is 1. The van der Waals surface area contributed by atoms with Crippen LogP contribution < -0.4 is 10.1 Å². The zero-order valence-electron chi connectivity index (χ0n) is 19.8. The molecule has 0 aliphatic carbocycles. The van der Waals surface area contributed by atoms with Crippen molar-refractivity contribution in [3.8, 4) is 5.75 Å². The lowest BCUT2D eigenvalue weighted by atomic mass is 9.78. The van der Waals surface area contributed by atoms with Crippen LogP contribution in [0.4, 0.5) is 0 Å². The van der Waals surface area contributed by atoms with E-state index in [1.165, 1.54) is 5.56 Å². The van der Waals surface area contributed by atoms with Gasteiger partial charge in [-0.05, 0) is 61.1 Å². The summed E-state index contributed by atoms with van der Waals surface area (Å²) < 4.78 is 11.1. The van der Waals surface area contributed by atoms with Crippen LogP contribution in [0.25, 0.3) is 0 Å². The second kappa shape index (κ2) is 12.4. The van der Waals surface area contributed by atoms with Crippen LogP contribution in [0.5, 0.6) is 5.75 Å². The van der Waals surface area contributed by atoms with Gasteiger partial charge in [0.05, 0.1) is 25.9 Å². The fourth-order valence-corrected chi connectivity index (χ4v) is 4.35. The molecule has 1 amide bonds. The van der Waals surface area contributed by atoms with Gasteiger partial charge in [0.25, 0.3) is 0 Å². The van der Waals surface area contributed by atoms with Crippen LogP contribution >= 0.6 is 0 Å². The fourth-order valence-electron chi connectivity index (χ4n) is 4.35. The lowest BCUT2D eigenvalue weighted by molar-refractivity contribution is -0.133. The lowest BCUT2D eigenvalue weighted by Crippen LogP contribution is -2.54. The van der Waals surface area contributed by atoms with Gasteiger partial charge in [-0.2, -0.15) is 0 Å². The molecule has 1 saturated heterocycles. The van der Waals surface area contributed by atoms with E-state index in [1.54, 1.807) is 7.11 Å². The molecule has 6 nitrogen and oxygen atoms in total. The highest BCUT2D eigenvalue weighted by atomic mass is 16.5. The first kappa shape index (κ1) is 25.6. The summed E-state index contributed by atoms with van der Waals surface area (Å²) in [5.41, 5.74) is 2.18. The van der Waals surface area contributed by atoms with Gasteiger partial charge in [-0.3, -0.25) is 4.79 Å². The quantitative estimate of drug-likeness (QED) is 0.439. The predicted molar refractivity (Wildman–Crippen MR) is 122 cm³/mol. The van der Waals surface area contributed by atoms with Crippen molar-refractivity contribution in [2.45, 2.75) is 72.1 Å². The molecule has 0 saturated carbocycles. The van der Waals surface area contributed by atoms with E-state index in [2.05, 4.69) is 31.3 Å². The van der Waals surface area contributed by atoms with Crippen molar-refractivity contribution in [2.75, 3.05) is 20.3 Å². The molecule has 1 aromatic rings. The number of benzene rings is 1. The Hall–Kier alpha value is -1.63. The van der Waals surface area contributed by atoms with E-state index in [4.69, 9.17) is 14.6 Å². The normalized spacial score (nSPS) is 22.6. The van der Waals surface area contributed by atoms with Gasteiger partial charge in [-0.25, -0.2) is 0 Å². The third-order valence-electron chi connectivity index (χ3n) is 6.48. The van der Waals surface area contributed by atoms with E-state index in [0.29, 0.717) is 37.9 Å². The van der Waals surface area contributed by atoms with Gasteiger partial charge in [0, 0.05) is 24.7 Å². The molecule has 3 N–H and O–H groups in total. The average Bonchev–Trinajstić information content (AvgIpc) is 2.72. The zero-order chi connectivity index (χ0) is 23.0. The van der Waals surface area contributed by atoms with Crippen LogP contribution in [0.15, 0.2) is 18.2 Å². The third kappa shape index (κ3) is 7.48. The summed E-state index contributed by atoms with van der Waals surface area (Å²) >= 11 is 0. The number of carbonyl (C=O) groups is 1. The molecule has 0 unspecified atom stereocenters. The second-order valence-electron chi connectivity index (χ2n) is 9.49. The monoisotopic (exact) mass is 435 g/mol. The second-order valence-corrected chi connectivity index (χ2v) is 9.49. The van der Waals surface area contributed by atoms with Crippen LogP contribution in [0.1, 0.15) is 58.1 Å². The minimum absolute atomic E-state index is 0.0690. The number of methoxy groups -OCH3 is 1. The Morgan fingerprint density at radius 2 is 1.97 bits per heavy atom. The molecule has 0 spiro atoms. The molecule has 0 aromatic heterocycles. The summed E-state index contributed by atoms with van der Waals surface area (Å²) in [6.45, 7) is 9.52. The summed E-state index contributed by atoms with van der Waals surface area (Å²) in [4.78, 5) is 12.5. The van der Waals surface area contributed by atoms with Crippen LogP contribution in [0.2, 0.25) is 0 Å². The van der Waals surface area contributed by atoms with Crippen LogP contribution in [0, 0.1) is 23.7 Å². The Balaban J connectivity index is 2.06. The Morgan fingerprint density at radius 1 is 1.23 bits per heavy atom. The first-order valence-electron chi connectivity index (χ1n) is 11.6. The van der Waals surface area contributed by atoms with Crippen LogP contribution in [-0.2, 0) is 22.6 Å². The summed E-state index contributed by atoms with van der Waals surface area (Å²) in [5, 5.41) is 22.7. The van der Waals surface area contributed by atoms with Gasteiger partial charge in [-0.1, -0.05) is 33.8 Å². The van der Waals surface area contributed by atoms with Crippen LogP contribution in [-0.4, -0.2) is 48.6 Å². The minimum Gasteiger partial charge on any atom is -0.496 e. The smallest absolute Gasteiger partial charge is 0.223 e. The Morgan fingerprint density at radius 3 is 2.58 bits per heavy atom. The predicted octanol–water partition coefficient (Wildman–Crippen LogP) is 3.32. The molecule has 6 heteroatoms. The van der Waals surface area contributed by atoms with Crippen molar-refractivity contribution < 1.29 is 24.5 Å². The summed E-state index contributed by atoms with van der Waals surface area (Å²) in [7, 11) is 1.65. The molecule has 176 valence electrons. The van der Waals surface area contributed by atoms with Gasteiger partial charge in [0.15, 0.2) is 0 Å². The number of amides is 1. The highest BCUT2D eigenvalue weighted by Crippen LogP contribution is 2.30. The van der Waals surface area contributed by atoms with Gasteiger partial charge < -0.3 is 25.0 Å². The number of nitrogens with one attached hydrogen (secondary N) is 1. The first-order valence-corrected chi connectivity index (χ1v) is 11.6. The molecule has 1 heterocycles. The van der Waals surface area contributed by atoms with E-state index in [9.17, 15) is 9.90 Å². The number of hydrogen-bond acceptors (Lipinski definition) is 5. The summed E-state index contributed by atoms with van der Waals surface area (Å²) in [5.74, 6) is 1.72. The van der Waals surface area contributed by atoms with Crippen molar-refractivity contribution in [3.05, 3.63) is 29.3 Å². The molecule has 1 aliphatic rings. The largest absolute Gasteiger partial charge is 0.496 e. The lowest BCUT2D eigenvalue weighted by Gasteiger charge is -2.37. The fraction of sp³-hybridized carbons (Fsp3) is 0.720. The number of hydrogen-bond donors (Lipinski definition) is 3. The average molecular weight is 436 g/mol. The highest BCUT2D eigenvalue weighted by molar-refractivity contribution is 5.80. The van der Waals surface area contributed by atoms with Gasteiger partial charge in [0.1, 0.15) is 5.75 Å². The third-order valence-corrected chi connectivity index (χ3v) is 6.48. The summed E-state index contributed by atoms with van der Waals surface area (Å²) in [6.07, 6.45) is 2.26. The molecule has 2 rings (SSSR count). The van der Waals surface area contributed by atoms with Crippen molar-refractivity contribution in [3.63, 3.8) is 0 Å². The first-order chi connectivity index (χ1) is 14.8. The highest BCUT2D eigenvalue weighted by Gasteiger charge is 2.37. The maximum atomic E-state index is 12.5. The number of aliphatic hydroxyl groups excluding tert-OH is 2. The zero-order valence-corrected chi connectivity index (χ0v) is 19.8. The van der Waals surface area contributed by atoms with Gasteiger partial charge in [-0.15, -0.1) is 0 Å². The standard InChI is InChI=1S/C25H41NO5/c1-16(2)19(13-22-23(28)14-21(17(3)4)25(29)26-22)11-18-7-8-24(30-5)20(12-18)15-31-10-6-9-27/h7-8,12,16-17,19,21-23,27-28H,6,9-11,13-15H2,1-5H3,(H,26,29)/t19-,21-,22-,23-/m0/s1. The number of ether oxygens (including phenoxy) is 2. The topological polar surface area (TPSA) is 88.0 Å². The van der Waals surface area contributed by atoms with E-state index < -0.39 is 6.10 Å². The molecule has 0 radical (unpaired) electrons. The van der Waals surface area contributed by atoms with Gasteiger partial charge >= 0.3 is 0 Å². The van der Waals surface area contributed by atoms with E-state index in [0.717, 1.165) is 24.2 Å². The molecule has 0 bridgehead atoms. The van der Waals surface area contributed by atoms with Crippen molar-refractivity contribution >= 4 is 5.91 Å². The van der Waals surface area contributed by atoms with Crippen molar-refractivity contribution in [1.29, 1.82) is 0 Å². The number of carbonyl (C=O) groups excluding carboxylic acids is 1. The van der Waals surface area contributed by atoms with Crippen molar-refractivity contribution in [2.24, 2.45) is 23.7 Å². The Kier molecular flexibility index (Phi) is 10.3. The molecule has 31 heavy (non-hydrogen) atoms. The molecule has 4 atom stereocenters. The van der Waals surface area contributed by atoms with Crippen LogP contribution in [0.3, 0.4) is 0 Å². The summed E-state index contributed by atoms with van der Waals surface area (Å²) in [6, 6.07) is 5.98. The molecular weight excluding hydrogens is 394 g/mol. The Labute approximate surface area is 187 Å². The SMILES string of the molecule is COc1ccc(C[C@@H](C[C@@H]2NC(=O)[C@H](C(C)C)C[C@@H]2O)C(C)C)cc1COCCCO. The van der Waals surface area contributed by atoms with E-state index in [-0.39, 0.29) is 30.4 Å². The maximum Gasteiger partial charge on any atom is 0.223 e. The minimum atomic E-state index is -0.502. The number of rotatable bonds is 12. The van der Waals surface area contributed by atoms with E-state index in [1.807, 2.05) is 19.9 Å². The molecule has 1 aliphatic heterocycles. The van der Waals surface area contributed by atoms with Crippen molar-refractivity contribution in [1.82, 2.24) is 5.32 Å². The molecular formula is C25H41NO5. The van der Waals surface area contributed by atoms with Gasteiger partial charge in [0.2, 0.25) is 5.91 Å². The van der Waals surface area contributed by atoms with E-state index >= 15 is 0 Å². The Bertz CT molecular complexity index is 690. The number of aliphatic hydroxyl groups is 2.